The molecule has 6 heteroatoms. The fourth-order valence-electron chi connectivity index (χ4n) is 8.90. The first-order valence-corrected chi connectivity index (χ1v) is 23.8. The molecule has 0 saturated heterocycles. The van der Waals surface area contributed by atoms with Crippen molar-refractivity contribution in [3.63, 3.8) is 0 Å². The monoisotopic (exact) mass is 828 g/mol. The largest absolute Gasteiger partial charge is 0.493 e. The molecule has 4 heterocycles. The fraction of sp³-hybridized carbons (Fsp3) is 0.296. The van der Waals surface area contributed by atoms with Gasteiger partial charge >= 0.3 is 0 Å². The lowest BCUT2D eigenvalue weighted by Crippen LogP contribution is -2.13. The number of fused-ring (bicyclic) bond motifs is 6. The van der Waals surface area contributed by atoms with E-state index >= 15 is 0 Å². The number of nitrogens with zero attached hydrogens (tertiary/aromatic N) is 2. The maximum atomic E-state index is 7.04. The Kier molecular flexibility index (Phi) is 12.1. The maximum absolute atomic E-state index is 7.04. The summed E-state index contributed by atoms with van der Waals surface area (Å²) >= 11 is 3.65. The van der Waals surface area contributed by atoms with Crippen LogP contribution in [-0.4, -0.2) is 22.3 Å². The molecule has 9 aromatic rings. The van der Waals surface area contributed by atoms with Crippen LogP contribution in [0.1, 0.15) is 79.1 Å². The second kappa shape index (κ2) is 18.1. The van der Waals surface area contributed by atoms with Gasteiger partial charge in [-0.15, -0.1) is 22.7 Å². The molecule has 0 fully saturated rings. The van der Waals surface area contributed by atoms with Crippen molar-refractivity contribution >= 4 is 66.3 Å². The van der Waals surface area contributed by atoms with Crippen molar-refractivity contribution < 1.29 is 9.47 Å². The van der Waals surface area contributed by atoms with Crippen molar-refractivity contribution in [2.45, 2.75) is 79.1 Å². The zero-order valence-corrected chi connectivity index (χ0v) is 37.1. The zero-order chi connectivity index (χ0) is 41.0. The molecule has 0 aliphatic rings. The van der Waals surface area contributed by atoms with Crippen molar-refractivity contribution in [2.75, 3.05) is 13.2 Å². The quantitative estimate of drug-likeness (QED) is 0.0862. The second-order valence-corrected chi connectivity index (χ2v) is 18.4. The van der Waals surface area contributed by atoms with Gasteiger partial charge in [-0.05, 0) is 85.3 Å². The van der Waals surface area contributed by atoms with Gasteiger partial charge in [0.05, 0.1) is 35.3 Å². The smallest absolute Gasteiger partial charge is 0.128 e. The summed E-state index contributed by atoms with van der Waals surface area (Å²) in [7, 11) is 0. The summed E-state index contributed by atoms with van der Waals surface area (Å²) in [4.78, 5) is 2.35. The Balaban J connectivity index is 1.18. The number of hydrogen-bond acceptors (Lipinski definition) is 4. The van der Waals surface area contributed by atoms with Gasteiger partial charge in [-0.2, -0.15) is 0 Å². The molecule has 2 atom stereocenters. The summed E-state index contributed by atoms with van der Waals surface area (Å²) in [5.41, 5.74) is 7.07. The molecule has 2 unspecified atom stereocenters. The number of benzene rings is 5. The number of para-hydroxylation sites is 4. The molecule has 4 aromatic heterocycles. The summed E-state index contributed by atoms with van der Waals surface area (Å²) in [6, 6.07) is 48.8. The first-order valence-electron chi connectivity index (χ1n) is 22.2. The van der Waals surface area contributed by atoms with E-state index in [-0.39, 0.29) is 0 Å². The van der Waals surface area contributed by atoms with Gasteiger partial charge in [0.15, 0.2) is 0 Å². The van der Waals surface area contributed by atoms with Crippen LogP contribution in [0.3, 0.4) is 0 Å². The fourth-order valence-corrected chi connectivity index (χ4v) is 11.0. The van der Waals surface area contributed by atoms with Crippen LogP contribution in [-0.2, 0) is 0 Å². The lowest BCUT2D eigenvalue weighted by Gasteiger charge is -2.21. The molecule has 306 valence electrons. The van der Waals surface area contributed by atoms with Crippen molar-refractivity contribution in [3.05, 3.63) is 133 Å². The van der Waals surface area contributed by atoms with Crippen LogP contribution >= 0.6 is 22.7 Å². The average Bonchev–Trinajstić information content (AvgIpc) is 4.10. The minimum atomic E-state index is 0.501. The van der Waals surface area contributed by atoms with Crippen LogP contribution in [0.5, 0.6) is 11.5 Å². The molecule has 4 nitrogen and oxygen atoms in total. The Morgan fingerprint density at radius 2 is 0.800 bits per heavy atom. The third-order valence-electron chi connectivity index (χ3n) is 12.4. The molecule has 0 amide bonds. The highest BCUT2D eigenvalue weighted by atomic mass is 32.1. The van der Waals surface area contributed by atoms with E-state index in [1.807, 2.05) is 22.7 Å². The molecule has 0 N–H and O–H groups in total. The van der Waals surface area contributed by atoms with Crippen LogP contribution < -0.4 is 9.47 Å². The normalized spacial score (nSPS) is 12.9. The van der Waals surface area contributed by atoms with E-state index in [0.29, 0.717) is 25.0 Å². The predicted octanol–water partition coefficient (Wildman–Crippen LogP) is 16.5. The Morgan fingerprint density at radius 1 is 0.450 bits per heavy atom. The van der Waals surface area contributed by atoms with E-state index < -0.39 is 0 Å². The molecular weight excluding hydrogens is 773 g/mol. The molecule has 9 rings (SSSR count). The van der Waals surface area contributed by atoms with Crippen LogP contribution in [0.4, 0.5) is 0 Å². The van der Waals surface area contributed by atoms with Gasteiger partial charge in [-0.3, -0.25) is 0 Å². The van der Waals surface area contributed by atoms with Crippen LogP contribution in [0.15, 0.2) is 133 Å². The third kappa shape index (κ3) is 7.76. The highest BCUT2D eigenvalue weighted by molar-refractivity contribution is 7.18. The average molecular weight is 829 g/mol. The standard InChI is InChI=1S/C54H56N2O2S2/c1-5-9-19-37(7-3)35-57-49-33-44(52-30-32-54(60-52)56-47-27-17-13-23-41(47)42-24-14-18-28-48(42)56)50(58-36-38(8-4)20-10-6-2)34-43(49)51-29-31-53(59-51)55-45-25-15-11-21-39(45)40-22-12-16-26-46(40)55/h11-18,21-34,37-38H,5-10,19-20,35-36H2,1-4H3. The molecule has 0 spiro atoms. The number of unbranched alkanes of at least 4 members (excludes halogenated alkanes) is 2. The van der Waals surface area contributed by atoms with E-state index in [9.17, 15) is 0 Å². The molecule has 5 aromatic carbocycles. The third-order valence-corrected chi connectivity index (χ3v) is 14.6. The summed E-state index contributed by atoms with van der Waals surface area (Å²) in [5.74, 6) is 2.85. The van der Waals surface area contributed by atoms with Crippen LogP contribution in [0.2, 0.25) is 0 Å². The van der Waals surface area contributed by atoms with Gasteiger partial charge in [0.1, 0.15) is 21.5 Å². The number of thiophene rings is 2. The topological polar surface area (TPSA) is 28.3 Å². The molecule has 0 saturated carbocycles. The van der Waals surface area contributed by atoms with E-state index in [2.05, 4.69) is 170 Å². The van der Waals surface area contributed by atoms with Gasteiger partial charge in [0.25, 0.3) is 0 Å². The van der Waals surface area contributed by atoms with Crippen molar-refractivity contribution in [3.8, 4) is 42.4 Å². The van der Waals surface area contributed by atoms with Crippen molar-refractivity contribution in [1.29, 1.82) is 0 Å². The highest BCUT2D eigenvalue weighted by Gasteiger charge is 2.23. The summed E-state index contributed by atoms with van der Waals surface area (Å²) in [6.45, 7) is 10.5. The molecule has 0 radical (unpaired) electrons. The Hall–Kier alpha value is -5.30. The summed E-state index contributed by atoms with van der Waals surface area (Å²) < 4.78 is 18.9. The summed E-state index contributed by atoms with van der Waals surface area (Å²) in [6.07, 6.45) is 9.39. The first-order chi connectivity index (χ1) is 29.6. The molecule has 0 bridgehead atoms. The maximum Gasteiger partial charge on any atom is 0.128 e. The van der Waals surface area contributed by atoms with Gasteiger partial charge in [-0.1, -0.05) is 139 Å². The van der Waals surface area contributed by atoms with Crippen LogP contribution in [0, 0.1) is 11.8 Å². The van der Waals surface area contributed by atoms with Gasteiger partial charge < -0.3 is 18.6 Å². The predicted molar refractivity (Wildman–Crippen MR) is 259 cm³/mol. The highest BCUT2D eigenvalue weighted by Crippen LogP contribution is 2.47. The zero-order valence-electron chi connectivity index (χ0n) is 35.5. The summed E-state index contributed by atoms with van der Waals surface area (Å²) in [5, 5.41) is 7.47. The van der Waals surface area contributed by atoms with Gasteiger partial charge in [-0.25, -0.2) is 0 Å². The SMILES string of the molecule is CCCCC(CC)COc1cc(-c2ccc(-n3c4ccccc4c4ccccc43)s2)c(OCC(CC)CCCC)cc1-c1ccc(-n2c3ccccc3c3ccccc32)s1. The number of hydrogen-bond donors (Lipinski definition) is 0. The number of ether oxygens (including phenoxy) is 2. The number of rotatable bonds is 18. The molecule has 60 heavy (non-hydrogen) atoms. The Bertz CT molecular complexity index is 2570. The molecule has 0 aliphatic carbocycles. The number of aromatic nitrogens is 2. The minimum Gasteiger partial charge on any atom is -0.493 e. The lowest BCUT2D eigenvalue weighted by atomic mass is 10.00. The lowest BCUT2D eigenvalue weighted by molar-refractivity contribution is 0.229. The van der Waals surface area contributed by atoms with E-state index in [1.54, 1.807) is 0 Å². The van der Waals surface area contributed by atoms with Gasteiger partial charge in [0.2, 0.25) is 0 Å². The van der Waals surface area contributed by atoms with E-state index in [1.165, 1.54) is 102 Å². The first kappa shape index (κ1) is 40.1. The van der Waals surface area contributed by atoms with Gasteiger partial charge in [0, 0.05) is 42.4 Å². The molecular formula is C54H56N2O2S2. The van der Waals surface area contributed by atoms with E-state index in [0.717, 1.165) is 35.5 Å². The molecule has 0 aliphatic heterocycles. The Labute approximate surface area is 363 Å². The van der Waals surface area contributed by atoms with Crippen molar-refractivity contribution in [1.82, 2.24) is 9.13 Å². The van der Waals surface area contributed by atoms with E-state index in [4.69, 9.17) is 9.47 Å². The van der Waals surface area contributed by atoms with Crippen LogP contribution in [0.25, 0.3) is 74.5 Å². The second-order valence-electron chi connectivity index (χ2n) is 16.3. The Morgan fingerprint density at radius 3 is 1.13 bits per heavy atom. The van der Waals surface area contributed by atoms with Crippen molar-refractivity contribution in [2.24, 2.45) is 11.8 Å². The minimum absolute atomic E-state index is 0.501.